The van der Waals surface area contributed by atoms with Crippen LogP contribution < -0.4 is 0 Å². The quantitative estimate of drug-likeness (QED) is 0.170. The Kier molecular flexibility index (Phi) is 6.76. The second-order valence-corrected chi connectivity index (χ2v) is 14.7. The third kappa shape index (κ3) is 4.64. The summed E-state index contributed by atoms with van der Waals surface area (Å²) in [5.41, 5.74) is 13.3. The van der Waals surface area contributed by atoms with Crippen LogP contribution in [0.1, 0.15) is 0 Å². The normalized spacial score (nSPS) is 11.8. The average molecular weight is 693 g/mol. The maximum Gasteiger partial charge on any atom is 0.0788 e. The fourth-order valence-corrected chi connectivity index (χ4v) is 9.73. The molecule has 0 atom stereocenters. The van der Waals surface area contributed by atoms with Crippen LogP contribution in [0.15, 0.2) is 194 Å². The maximum absolute atomic E-state index is 2.47. The van der Waals surface area contributed by atoms with E-state index in [2.05, 4.69) is 203 Å². The summed E-state index contributed by atoms with van der Waals surface area (Å²) < 4.78 is 7.58. The monoisotopic (exact) mass is 692 g/mol. The molecule has 0 N–H and O–H groups in total. The molecule has 53 heavy (non-hydrogen) atoms. The molecule has 0 fully saturated rings. The SMILES string of the molecule is c1ccc(-c2cccc3c2sc2c(-c4ccc(-n5c6ccccc6c6ccc7cc(-c8ccccc8)n(-c8ccccc8)c7c65)cc4)cccc23)cc1. The molecule has 2 nitrogen and oxygen atoms in total. The molecule has 0 aliphatic rings. The Labute approximate surface area is 311 Å². The van der Waals surface area contributed by atoms with Gasteiger partial charge in [0.1, 0.15) is 0 Å². The number of hydrogen-bond acceptors (Lipinski definition) is 1. The zero-order chi connectivity index (χ0) is 34.9. The Hall–Kier alpha value is -6.68. The lowest BCUT2D eigenvalue weighted by atomic mass is 10.00. The van der Waals surface area contributed by atoms with Gasteiger partial charge in [-0.25, -0.2) is 0 Å². The predicted octanol–water partition coefficient (Wildman–Crippen LogP) is 14.1. The van der Waals surface area contributed by atoms with Gasteiger partial charge in [0.05, 0.1) is 22.2 Å². The summed E-state index contributed by atoms with van der Waals surface area (Å²) in [7, 11) is 0. The van der Waals surface area contributed by atoms with E-state index in [0.29, 0.717) is 0 Å². The van der Waals surface area contributed by atoms with Crippen molar-refractivity contribution in [3.63, 3.8) is 0 Å². The summed E-state index contributed by atoms with van der Waals surface area (Å²) >= 11 is 1.90. The molecule has 0 unspecified atom stereocenters. The van der Waals surface area contributed by atoms with Crippen molar-refractivity contribution in [2.75, 3.05) is 0 Å². The van der Waals surface area contributed by atoms with Gasteiger partial charge in [0, 0.05) is 47.7 Å². The highest BCUT2D eigenvalue weighted by Gasteiger charge is 2.21. The number of para-hydroxylation sites is 2. The summed E-state index contributed by atoms with van der Waals surface area (Å²) in [6.45, 7) is 0. The largest absolute Gasteiger partial charge is 0.307 e. The van der Waals surface area contributed by atoms with E-state index in [0.717, 1.165) is 11.4 Å². The van der Waals surface area contributed by atoms with Gasteiger partial charge in [-0.1, -0.05) is 158 Å². The van der Waals surface area contributed by atoms with Crippen molar-refractivity contribution in [2.24, 2.45) is 0 Å². The highest BCUT2D eigenvalue weighted by Crippen LogP contribution is 2.45. The molecule has 11 aromatic rings. The van der Waals surface area contributed by atoms with Gasteiger partial charge in [-0.05, 0) is 64.2 Å². The highest BCUT2D eigenvalue weighted by molar-refractivity contribution is 7.26. The van der Waals surface area contributed by atoms with Crippen molar-refractivity contribution < 1.29 is 0 Å². The summed E-state index contributed by atoms with van der Waals surface area (Å²) in [6.07, 6.45) is 0. The highest BCUT2D eigenvalue weighted by atomic mass is 32.1. The first kappa shape index (κ1) is 30.0. The van der Waals surface area contributed by atoms with Crippen LogP contribution in [0.25, 0.3) is 97.8 Å². The minimum Gasteiger partial charge on any atom is -0.307 e. The first-order valence-corrected chi connectivity index (χ1v) is 18.9. The second kappa shape index (κ2) is 11.9. The Morgan fingerprint density at radius 3 is 1.57 bits per heavy atom. The standard InChI is InChI=1S/C50H32N2S/c1-4-14-33(15-5-1)39-21-12-23-43-44-24-13-22-40(50(44)53-49(39)43)34-26-29-38(30-27-34)51-45-25-11-10-20-41(45)42-31-28-36-32-46(35-16-6-2-7-17-35)52(47(36)48(42)51)37-18-8-3-9-19-37/h1-32H. The Morgan fingerprint density at radius 1 is 0.340 bits per heavy atom. The fraction of sp³-hybridized carbons (Fsp3) is 0. The minimum absolute atomic E-state index is 1.14. The Balaban J connectivity index is 1.13. The molecule has 3 heterocycles. The van der Waals surface area contributed by atoms with Crippen LogP contribution in [0.5, 0.6) is 0 Å². The van der Waals surface area contributed by atoms with Crippen LogP contribution >= 0.6 is 11.3 Å². The topological polar surface area (TPSA) is 9.86 Å². The van der Waals surface area contributed by atoms with E-state index in [-0.39, 0.29) is 0 Å². The van der Waals surface area contributed by atoms with Crippen molar-refractivity contribution in [3.8, 4) is 44.9 Å². The summed E-state index contributed by atoms with van der Waals surface area (Å²) in [5, 5.41) is 6.34. The third-order valence-corrected chi connectivity index (χ3v) is 12.0. The Bertz CT molecular complexity index is 3130. The molecule has 3 aromatic heterocycles. The van der Waals surface area contributed by atoms with Crippen molar-refractivity contribution >= 4 is 64.2 Å². The van der Waals surface area contributed by atoms with Crippen LogP contribution in [0.2, 0.25) is 0 Å². The molecule has 3 heteroatoms. The predicted molar refractivity (Wildman–Crippen MR) is 227 cm³/mol. The molecule has 0 aliphatic carbocycles. The summed E-state index contributed by atoms with van der Waals surface area (Å²) in [5.74, 6) is 0. The van der Waals surface area contributed by atoms with Crippen LogP contribution in [0.4, 0.5) is 0 Å². The van der Waals surface area contributed by atoms with Gasteiger partial charge in [-0.15, -0.1) is 11.3 Å². The van der Waals surface area contributed by atoms with Crippen molar-refractivity contribution in [1.29, 1.82) is 0 Å². The molecule has 0 radical (unpaired) electrons. The van der Waals surface area contributed by atoms with Gasteiger partial charge in [-0.2, -0.15) is 0 Å². The van der Waals surface area contributed by atoms with Crippen LogP contribution in [-0.2, 0) is 0 Å². The molecular formula is C50H32N2S. The Morgan fingerprint density at radius 2 is 0.887 bits per heavy atom. The smallest absolute Gasteiger partial charge is 0.0788 e. The maximum atomic E-state index is 2.47. The number of nitrogens with zero attached hydrogens (tertiary/aromatic N) is 2. The average Bonchev–Trinajstić information content (AvgIpc) is 3.92. The molecule has 0 saturated heterocycles. The zero-order valence-corrected chi connectivity index (χ0v) is 29.6. The van der Waals surface area contributed by atoms with Gasteiger partial charge >= 0.3 is 0 Å². The minimum atomic E-state index is 1.14. The first-order valence-electron chi connectivity index (χ1n) is 18.1. The van der Waals surface area contributed by atoms with E-state index >= 15 is 0 Å². The lowest BCUT2D eigenvalue weighted by molar-refractivity contribution is 1.12. The van der Waals surface area contributed by atoms with Crippen molar-refractivity contribution in [2.45, 2.75) is 0 Å². The second-order valence-electron chi connectivity index (χ2n) is 13.7. The van der Waals surface area contributed by atoms with Gasteiger partial charge in [-0.3, -0.25) is 0 Å². The van der Waals surface area contributed by atoms with Crippen molar-refractivity contribution in [3.05, 3.63) is 194 Å². The third-order valence-electron chi connectivity index (χ3n) is 10.7. The number of fused-ring (bicyclic) bond motifs is 8. The number of benzene rings is 8. The van der Waals surface area contributed by atoms with Gasteiger partial charge in [0.2, 0.25) is 0 Å². The molecule has 11 rings (SSSR count). The van der Waals surface area contributed by atoms with Crippen molar-refractivity contribution in [1.82, 2.24) is 9.13 Å². The van der Waals surface area contributed by atoms with Gasteiger partial charge < -0.3 is 9.13 Å². The molecule has 0 spiro atoms. The first-order chi connectivity index (χ1) is 26.3. The van der Waals surface area contributed by atoms with E-state index < -0.39 is 0 Å². The van der Waals surface area contributed by atoms with Gasteiger partial charge in [0.15, 0.2) is 0 Å². The molecule has 248 valence electrons. The number of hydrogen-bond donors (Lipinski definition) is 0. The van der Waals surface area contributed by atoms with E-state index in [4.69, 9.17) is 0 Å². The van der Waals surface area contributed by atoms with Crippen LogP contribution in [0.3, 0.4) is 0 Å². The summed E-state index contributed by atoms with van der Waals surface area (Å²) in [6, 6.07) is 70.7. The van der Waals surface area contributed by atoms with E-state index in [1.165, 1.54) is 86.4 Å². The molecule has 8 aromatic carbocycles. The number of thiophene rings is 1. The van der Waals surface area contributed by atoms with E-state index in [1.54, 1.807) is 0 Å². The summed E-state index contributed by atoms with van der Waals surface area (Å²) in [4.78, 5) is 0. The molecular weight excluding hydrogens is 661 g/mol. The molecule has 0 saturated carbocycles. The van der Waals surface area contributed by atoms with Crippen LogP contribution in [0, 0.1) is 0 Å². The molecule has 0 amide bonds. The molecule has 0 bridgehead atoms. The number of rotatable bonds is 5. The molecule has 0 aliphatic heterocycles. The van der Waals surface area contributed by atoms with Gasteiger partial charge in [0.25, 0.3) is 0 Å². The lowest BCUT2D eigenvalue weighted by Crippen LogP contribution is -2.00. The van der Waals surface area contributed by atoms with E-state index in [9.17, 15) is 0 Å². The zero-order valence-electron chi connectivity index (χ0n) is 28.8. The lowest BCUT2D eigenvalue weighted by Gasteiger charge is -2.15. The van der Waals surface area contributed by atoms with E-state index in [1.807, 2.05) is 11.3 Å². The van der Waals surface area contributed by atoms with Crippen LogP contribution in [-0.4, -0.2) is 9.13 Å². The fourth-order valence-electron chi connectivity index (χ4n) is 8.36. The number of aromatic nitrogens is 2.